The second-order valence-electron chi connectivity index (χ2n) is 9.71. The minimum Gasteiger partial charge on any atom is -0.385 e. The van der Waals surface area contributed by atoms with E-state index < -0.39 is 6.43 Å². The maximum absolute atomic E-state index is 13.1. The van der Waals surface area contributed by atoms with E-state index in [-0.39, 0.29) is 54.1 Å². The second kappa shape index (κ2) is 12.3. The lowest BCUT2D eigenvalue weighted by molar-refractivity contribution is -0.121. The van der Waals surface area contributed by atoms with Gasteiger partial charge in [-0.3, -0.25) is 19.3 Å². The number of alkyl halides is 2. The first kappa shape index (κ1) is 28.2. The molecule has 2 aromatic heterocycles. The van der Waals surface area contributed by atoms with E-state index in [0.717, 1.165) is 24.0 Å². The number of aromatic nitrogens is 2. The van der Waals surface area contributed by atoms with Crippen molar-refractivity contribution in [3.8, 4) is 11.3 Å². The first-order valence-electron chi connectivity index (χ1n) is 13.1. The number of amides is 2. The Balaban J connectivity index is 1.47. The maximum atomic E-state index is 13.1. The average Bonchev–Trinajstić information content (AvgIpc) is 3.36. The zero-order valence-corrected chi connectivity index (χ0v) is 22.2. The number of hydrogen-bond donors (Lipinski definition) is 3. The molecule has 11 heteroatoms. The van der Waals surface area contributed by atoms with Crippen molar-refractivity contribution in [1.82, 2.24) is 25.1 Å². The lowest BCUT2D eigenvalue weighted by Crippen LogP contribution is -2.42. The number of nitrogen functional groups attached to an aromatic ring is 1. The zero-order valence-electron chi connectivity index (χ0n) is 22.2. The van der Waals surface area contributed by atoms with Crippen LogP contribution in [0, 0.1) is 0 Å². The molecule has 0 aliphatic carbocycles. The molecule has 1 atom stereocenters. The zero-order chi connectivity index (χ0) is 28.1. The van der Waals surface area contributed by atoms with Crippen molar-refractivity contribution >= 4 is 28.7 Å². The number of fused-ring (bicyclic) bond motifs is 1. The standard InChI is InChI=1S/C28H34F2N6O3/c1-3-36-27(31)21(14-24(37)32-2)26(39)20-10-11-22(34-28(20)36)18-8-6-17(7-9-18)13-25(38)33-15-19-5-4-12-35(19)16-23(29)30/h6-11,19,23H,3-5,12-16,31H2,1-2H3,(H,32,37)(H,33,38)/t19-/m1/s1. The van der Waals surface area contributed by atoms with Crippen molar-refractivity contribution in [3.05, 3.63) is 57.7 Å². The number of benzene rings is 1. The van der Waals surface area contributed by atoms with Gasteiger partial charge >= 0.3 is 0 Å². The summed E-state index contributed by atoms with van der Waals surface area (Å²) in [6.07, 6.45) is -0.659. The van der Waals surface area contributed by atoms with E-state index in [1.807, 2.05) is 31.2 Å². The Morgan fingerprint density at radius 2 is 1.87 bits per heavy atom. The van der Waals surface area contributed by atoms with Crippen LogP contribution in [0.15, 0.2) is 41.2 Å². The topological polar surface area (TPSA) is 122 Å². The highest BCUT2D eigenvalue weighted by molar-refractivity contribution is 5.85. The molecule has 1 aliphatic heterocycles. The number of anilines is 1. The molecule has 0 radical (unpaired) electrons. The maximum Gasteiger partial charge on any atom is 0.251 e. The Labute approximate surface area is 225 Å². The van der Waals surface area contributed by atoms with Gasteiger partial charge in [0.2, 0.25) is 11.8 Å². The predicted octanol–water partition coefficient (Wildman–Crippen LogP) is 2.34. The molecule has 0 saturated carbocycles. The Morgan fingerprint density at radius 3 is 2.54 bits per heavy atom. The van der Waals surface area contributed by atoms with Crippen LogP contribution >= 0.6 is 0 Å². The van der Waals surface area contributed by atoms with Crippen molar-refractivity contribution < 1.29 is 18.4 Å². The molecule has 3 heterocycles. The molecular weight excluding hydrogens is 506 g/mol. The van der Waals surface area contributed by atoms with Gasteiger partial charge < -0.3 is 20.9 Å². The van der Waals surface area contributed by atoms with Gasteiger partial charge in [0.05, 0.1) is 30.5 Å². The molecule has 1 aliphatic rings. The Kier molecular flexibility index (Phi) is 8.90. The lowest BCUT2D eigenvalue weighted by Gasteiger charge is -2.24. The minimum absolute atomic E-state index is 0.0567. The highest BCUT2D eigenvalue weighted by atomic mass is 19.3. The van der Waals surface area contributed by atoms with Crippen LogP contribution in [0.3, 0.4) is 0 Å². The second-order valence-corrected chi connectivity index (χ2v) is 9.71. The van der Waals surface area contributed by atoms with Crippen LogP contribution in [0.4, 0.5) is 14.6 Å². The number of nitrogens with one attached hydrogen (secondary N) is 2. The van der Waals surface area contributed by atoms with E-state index in [9.17, 15) is 23.2 Å². The number of pyridine rings is 2. The van der Waals surface area contributed by atoms with Gasteiger partial charge in [-0.25, -0.2) is 13.8 Å². The Bertz CT molecular complexity index is 1410. The third-order valence-electron chi connectivity index (χ3n) is 7.20. The molecule has 2 amide bonds. The molecule has 0 spiro atoms. The monoisotopic (exact) mass is 540 g/mol. The van der Waals surface area contributed by atoms with Crippen LogP contribution < -0.4 is 21.8 Å². The van der Waals surface area contributed by atoms with E-state index in [2.05, 4.69) is 10.6 Å². The van der Waals surface area contributed by atoms with Crippen LogP contribution in [0.1, 0.15) is 30.9 Å². The molecule has 208 valence electrons. The predicted molar refractivity (Wildman–Crippen MR) is 147 cm³/mol. The summed E-state index contributed by atoms with van der Waals surface area (Å²) in [6, 6.07) is 10.8. The first-order chi connectivity index (χ1) is 18.7. The van der Waals surface area contributed by atoms with E-state index in [1.54, 1.807) is 21.6 Å². The Morgan fingerprint density at radius 1 is 1.13 bits per heavy atom. The summed E-state index contributed by atoms with van der Waals surface area (Å²) in [5, 5.41) is 5.78. The normalized spacial score (nSPS) is 15.7. The van der Waals surface area contributed by atoms with Crippen LogP contribution in [0.2, 0.25) is 0 Å². The smallest absolute Gasteiger partial charge is 0.251 e. The fraction of sp³-hybridized carbons (Fsp3) is 0.429. The van der Waals surface area contributed by atoms with E-state index in [0.29, 0.717) is 36.4 Å². The van der Waals surface area contributed by atoms with Gasteiger partial charge in [0.25, 0.3) is 6.43 Å². The van der Waals surface area contributed by atoms with Gasteiger partial charge in [-0.1, -0.05) is 24.3 Å². The quantitative estimate of drug-likeness (QED) is 0.363. The molecule has 1 aromatic carbocycles. The highest BCUT2D eigenvalue weighted by Crippen LogP contribution is 2.24. The van der Waals surface area contributed by atoms with Crippen molar-refractivity contribution in [2.75, 3.05) is 32.4 Å². The van der Waals surface area contributed by atoms with E-state index in [4.69, 9.17) is 10.7 Å². The lowest BCUT2D eigenvalue weighted by atomic mass is 10.0. The molecule has 1 fully saturated rings. The first-order valence-corrected chi connectivity index (χ1v) is 13.1. The number of aryl methyl sites for hydroxylation is 1. The van der Waals surface area contributed by atoms with Crippen molar-refractivity contribution in [3.63, 3.8) is 0 Å². The van der Waals surface area contributed by atoms with Gasteiger partial charge in [-0.05, 0) is 44.0 Å². The summed E-state index contributed by atoms with van der Waals surface area (Å²) < 4.78 is 27.2. The molecule has 4 rings (SSSR count). The number of likely N-dealkylation sites (tertiary alicyclic amines) is 1. The molecule has 9 nitrogen and oxygen atoms in total. The Hall–Kier alpha value is -3.86. The fourth-order valence-corrected chi connectivity index (χ4v) is 5.10. The summed E-state index contributed by atoms with van der Waals surface area (Å²) in [6.45, 7) is 3.09. The highest BCUT2D eigenvalue weighted by Gasteiger charge is 2.27. The van der Waals surface area contributed by atoms with Gasteiger partial charge in [0, 0.05) is 37.3 Å². The SMILES string of the molecule is CCn1c(N)c(CC(=O)NC)c(=O)c2ccc(-c3ccc(CC(=O)NC[C@H]4CCCN4CC(F)F)cc3)nc21. The fourth-order valence-electron chi connectivity index (χ4n) is 5.10. The van der Waals surface area contributed by atoms with Crippen molar-refractivity contribution in [1.29, 1.82) is 0 Å². The van der Waals surface area contributed by atoms with Crippen LogP contribution in [-0.4, -0.2) is 65.4 Å². The number of nitrogens with zero attached hydrogens (tertiary/aromatic N) is 3. The van der Waals surface area contributed by atoms with Gasteiger partial charge in [-0.15, -0.1) is 0 Å². The van der Waals surface area contributed by atoms with Gasteiger partial charge in [-0.2, -0.15) is 0 Å². The molecule has 1 saturated heterocycles. The largest absolute Gasteiger partial charge is 0.385 e. The van der Waals surface area contributed by atoms with Crippen LogP contribution in [0.5, 0.6) is 0 Å². The van der Waals surface area contributed by atoms with E-state index in [1.165, 1.54) is 7.05 Å². The van der Waals surface area contributed by atoms with Crippen molar-refractivity contribution in [2.24, 2.45) is 0 Å². The molecule has 0 bridgehead atoms. The molecule has 3 aromatic rings. The molecule has 0 unspecified atom stereocenters. The third-order valence-corrected chi connectivity index (χ3v) is 7.20. The van der Waals surface area contributed by atoms with Crippen LogP contribution in [-0.2, 0) is 29.0 Å². The number of nitrogens with two attached hydrogens (primary N) is 1. The van der Waals surface area contributed by atoms with Gasteiger partial charge in [0.1, 0.15) is 11.5 Å². The van der Waals surface area contributed by atoms with E-state index >= 15 is 0 Å². The summed E-state index contributed by atoms with van der Waals surface area (Å²) in [7, 11) is 1.51. The summed E-state index contributed by atoms with van der Waals surface area (Å²) in [5.74, 6) is -0.239. The summed E-state index contributed by atoms with van der Waals surface area (Å²) in [5.41, 5.74) is 8.90. The number of carbonyl (C=O) groups excluding carboxylic acids is 2. The van der Waals surface area contributed by atoms with Gasteiger partial charge in [0.15, 0.2) is 5.43 Å². The molecular formula is C28H34F2N6O3. The number of carbonyl (C=O) groups is 2. The third kappa shape index (κ3) is 6.42. The summed E-state index contributed by atoms with van der Waals surface area (Å²) >= 11 is 0. The van der Waals surface area contributed by atoms with Crippen LogP contribution in [0.25, 0.3) is 22.3 Å². The average molecular weight is 541 g/mol. The number of likely N-dealkylation sites (N-methyl/N-ethyl adjacent to an activating group) is 1. The number of halogens is 2. The molecule has 4 N–H and O–H groups in total. The van der Waals surface area contributed by atoms with Crippen molar-refractivity contribution in [2.45, 2.75) is 51.6 Å². The number of rotatable bonds is 10. The number of hydrogen-bond acceptors (Lipinski definition) is 6. The molecule has 39 heavy (non-hydrogen) atoms. The minimum atomic E-state index is -2.38. The summed E-state index contributed by atoms with van der Waals surface area (Å²) in [4.78, 5) is 43.9.